The van der Waals surface area contributed by atoms with Crippen LogP contribution in [0.4, 0.5) is 4.39 Å². The number of hydrogen-bond acceptors (Lipinski definition) is 3. The van der Waals surface area contributed by atoms with Gasteiger partial charge >= 0.3 is 0 Å². The molecule has 1 saturated carbocycles. The Morgan fingerprint density at radius 2 is 2.11 bits per heavy atom. The van der Waals surface area contributed by atoms with Crippen LogP contribution in [0.1, 0.15) is 37.5 Å². The van der Waals surface area contributed by atoms with Gasteiger partial charge in [-0.1, -0.05) is 24.4 Å². The zero-order valence-electron chi connectivity index (χ0n) is 9.83. The van der Waals surface area contributed by atoms with E-state index in [0.29, 0.717) is 17.0 Å². The van der Waals surface area contributed by atoms with Crippen LogP contribution in [-0.2, 0) is 0 Å². The van der Waals surface area contributed by atoms with E-state index in [1.165, 1.54) is 12.1 Å². The largest absolute Gasteiger partial charge is 0.440 e. The average molecular weight is 269 g/mol. The second-order valence-electron chi connectivity index (χ2n) is 4.84. The molecule has 96 valence electrons. The molecule has 1 aliphatic carbocycles. The van der Waals surface area contributed by atoms with Gasteiger partial charge in [-0.3, -0.25) is 0 Å². The van der Waals surface area contributed by atoms with Crippen molar-refractivity contribution in [2.75, 3.05) is 0 Å². The van der Waals surface area contributed by atoms with Crippen molar-refractivity contribution in [1.82, 2.24) is 4.98 Å². The van der Waals surface area contributed by atoms with Gasteiger partial charge in [-0.05, 0) is 18.9 Å². The minimum Gasteiger partial charge on any atom is -0.440 e. The van der Waals surface area contributed by atoms with E-state index in [-0.39, 0.29) is 17.0 Å². The molecule has 0 saturated heterocycles. The zero-order chi connectivity index (χ0) is 12.7. The molecule has 1 aliphatic rings. The third-order valence-electron chi connectivity index (χ3n) is 3.58. The number of halogens is 2. The first-order chi connectivity index (χ1) is 8.65. The molecule has 18 heavy (non-hydrogen) atoms. The van der Waals surface area contributed by atoms with E-state index in [1.54, 1.807) is 0 Å². The van der Waals surface area contributed by atoms with Crippen molar-refractivity contribution >= 4 is 22.7 Å². The van der Waals surface area contributed by atoms with E-state index < -0.39 is 5.82 Å². The van der Waals surface area contributed by atoms with E-state index >= 15 is 0 Å². The van der Waals surface area contributed by atoms with Crippen molar-refractivity contribution in [2.45, 2.75) is 37.6 Å². The van der Waals surface area contributed by atoms with Crippen LogP contribution in [-0.4, -0.2) is 11.0 Å². The van der Waals surface area contributed by atoms with Gasteiger partial charge in [-0.15, -0.1) is 0 Å². The Kier molecular flexibility index (Phi) is 2.99. The Balaban J connectivity index is 2.02. The number of nitrogens with zero attached hydrogens (tertiary/aromatic N) is 1. The van der Waals surface area contributed by atoms with Crippen molar-refractivity contribution in [3.63, 3.8) is 0 Å². The summed E-state index contributed by atoms with van der Waals surface area (Å²) >= 11 is 5.73. The maximum absolute atomic E-state index is 13.3. The molecule has 3 nitrogen and oxygen atoms in total. The summed E-state index contributed by atoms with van der Waals surface area (Å²) in [6.07, 6.45) is 4.24. The summed E-state index contributed by atoms with van der Waals surface area (Å²) in [6.45, 7) is 0. The predicted octanol–water partition coefficient (Wildman–Crippen LogP) is 3.61. The number of oxazole rings is 1. The Morgan fingerprint density at radius 3 is 2.89 bits per heavy atom. The number of nitrogens with two attached hydrogens (primary N) is 1. The number of rotatable bonds is 1. The number of fused-ring (bicyclic) bond motifs is 1. The number of aromatic nitrogens is 1. The summed E-state index contributed by atoms with van der Waals surface area (Å²) in [6, 6.07) is 2.85. The molecule has 1 aromatic heterocycles. The van der Waals surface area contributed by atoms with Crippen molar-refractivity contribution in [3.05, 3.63) is 28.9 Å². The van der Waals surface area contributed by atoms with Crippen molar-refractivity contribution < 1.29 is 8.81 Å². The van der Waals surface area contributed by atoms with Crippen LogP contribution in [0.5, 0.6) is 0 Å². The van der Waals surface area contributed by atoms with E-state index in [0.717, 1.165) is 25.7 Å². The van der Waals surface area contributed by atoms with Gasteiger partial charge in [0.1, 0.15) is 11.3 Å². The second-order valence-corrected chi connectivity index (χ2v) is 5.25. The highest BCUT2D eigenvalue weighted by atomic mass is 35.5. The van der Waals surface area contributed by atoms with Gasteiger partial charge in [-0.25, -0.2) is 9.37 Å². The molecule has 5 heteroatoms. The van der Waals surface area contributed by atoms with E-state index in [1.807, 2.05) is 0 Å². The van der Waals surface area contributed by atoms with Crippen LogP contribution in [0.25, 0.3) is 11.1 Å². The van der Waals surface area contributed by atoms with E-state index in [4.69, 9.17) is 21.8 Å². The van der Waals surface area contributed by atoms with Crippen LogP contribution < -0.4 is 5.73 Å². The summed E-state index contributed by atoms with van der Waals surface area (Å²) in [5.41, 5.74) is 7.12. The molecule has 0 aliphatic heterocycles. The molecule has 1 aromatic carbocycles. The lowest BCUT2D eigenvalue weighted by Crippen LogP contribution is -2.31. The van der Waals surface area contributed by atoms with Gasteiger partial charge in [0.15, 0.2) is 11.5 Å². The first-order valence-electron chi connectivity index (χ1n) is 6.16. The van der Waals surface area contributed by atoms with Crippen LogP contribution in [0.2, 0.25) is 5.02 Å². The minimum absolute atomic E-state index is 0.0651. The molecule has 2 unspecified atom stereocenters. The predicted molar refractivity (Wildman–Crippen MR) is 68.2 cm³/mol. The lowest BCUT2D eigenvalue weighted by Gasteiger charge is -2.25. The summed E-state index contributed by atoms with van der Waals surface area (Å²) in [4.78, 5) is 4.39. The summed E-state index contributed by atoms with van der Waals surface area (Å²) in [5, 5.41) is 0.0651. The lowest BCUT2D eigenvalue weighted by molar-refractivity contribution is 0.332. The molecule has 3 rings (SSSR count). The lowest BCUT2D eigenvalue weighted by atomic mass is 9.85. The molecule has 0 spiro atoms. The molecule has 2 N–H and O–H groups in total. The second kappa shape index (κ2) is 4.52. The topological polar surface area (TPSA) is 52.0 Å². The third-order valence-corrected chi connectivity index (χ3v) is 3.87. The molecule has 2 atom stereocenters. The molecule has 0 amide bonds. The third kappa shape index (κ3) is 1.99. The Bertz CT molecular complexity index is 545. The standard InChI is InChI=1S/C13H14ClFN2O/c14-8-5-11-12(6-9(8)15)18-13(17-11)7-3-1-2-4-10(7)16/h5-7,10H,1-4,16H2. The molecule has 2 aromatic rings. The van der Waals surface area contributed by atoms with E-state index in [2.05, 4.69) is 4.98 Å². The van der Waals surface area contributed by atoms with Gasteiger partial charge in [-0.2, -0.15) is 0 Å². The maximum Gasteiger partial charge on any atom is 0.200 e. The summed E-state index contributed by atoms with van der Waals surface area (Å²) in [5.74, 6) is 0.256. The van der Waals surface area contributed by atoms with Crippen molar-refractivity contribution in [3.8, 4) is 0 Å². The van der Waals surface area contributed by atoms with Gasteiger partial charge in [0.25, 0.3) is 0 Å². The van der Waals surface area contributed by atoms with Crippen LogP contribution in [0.15, 0.2) is 16.5 Å². The maximum atomic E-state index is 13.3. The van der Waals surface area contributed by atoms with Crippen molar-refractivity contribution in [2.24, 2.45) is 5.73 Å². The Labute approximate surface area is 109 Å². The summed E-state index contributed by atoms with van der Waals surface area (Å²) in [7, 11) is 0. The van der Waals surface area contributed by atoms with Gasteiger partial charge < -0.3 is 10.2 Å². The molecular weight excluding hydrogens is 255 g/mol. The monoisotopic (exact) mass is 268 g/mol. The normalized spacial score (nSPS) is 24.6. The van der Waals surface area contributed by atoms with Crippen LogP contribution in [0, 0.1) is 5.82 Å². The molecule has 0 radical (unpaired) electrons. The quantitative estimate of drug-likeness (QED) is 0.860. The average Bonchev–Trinajstić information content (AvgIpc) is 2.73. The highest BCUT2D eigenvalue weighted by Gasteiger charge is 2.27. The molecule has 1 fully saturated rings. The number of hydrogen-bond donors (Lipinski definition) is 1. The summed E-state index contributed by atoms with van der Waals surface area (Å²) < 4.78 is 19.0. The van der Waals surface area contributed by atoms with Crippen LogP contribution in [0.3, 0.4) is 0 Å². The van der Waals surface area contributed by atoms with Gasteiger partial charge in [0.2, 0.25) is 0 Å². The highest BCUT2D eigenvalue weighted by molar-refractivity contribution is 6.31. The fourth-order valence-corrected chi connectivity index (χ4v) is 2.72. The minimum atomic E-state index is -0.486. The SMILES string of the molecule is NC1CCCCC1c1nc2cc(Cl)c(F)cc2o1. The fourth-order valence-electron chi connectivity index (χ4n) is 2.57. The highest BCUT2D eigenvalue weighted by Crippen LogP contribution is 2.34. The number of benzene rings is 1. The van der Waals surface area contributed by atoms with E-state index in [9.17, 15) is 4.39 Å². The Morgan fingerprint density at radius 1 is 1.33 bits per heavy atom. The van der Waals surface area contributed by atoms with Crippen LogP contribution >= 0.6 is 11.6 Å². The first kappa shape index (κ1) is 11.9. The Hall–Kier alpha value is -1.13. The molecular formula is C13H14ClFN2O. The first-order valence-corrected chi connectivity index (χ1v) is 6.54. The van der Waals surface area contributed by atoms with Gasteiger partial charge in [0, 0.05) is 12.1 Å². The fraction of sp³-hybridized carbons (Fsp3) is 0.462. The smallest absolute Gasteiger partial charge is 0.200 e. The molecule has 1 heterocycles. The zero-order valence-corrected chi connectivity index (χ0v) is 10.6. The van der Waals surface area contributed by atoms with Gasteiger partial charge in [0.05, 0.1) is 10.9 Å². The molecule has 0 bridgehead atoms. The van der Waals surface area contributed by atoms with Crippen molar-refractivity contribution in [1.29, 1.82) is 0 Å².